The van der Waals surface area contributed by atoms with E-state index in [2.05, 4.69) is 12.2 Å². The summed E-state index contributed by atoms with van der Waals surface area (Å²) >= 11 is 0. The zero-order chi connectivity index (χ0) is 9.26. The Bertz CT molecular complexity index is 167. The molecule has 2 rings (SSSR count). The van der Waals surface area contributed by atoms with Crippen LogP contribution in [0.2, 0.25) is 0 Å². The third-order valence-electron chi connectivity index (χ3n) is 3.54. The predicted molar refractivity (Wildman–Crippen MR) is 53.6 cm³/mol. The van der Waals surface area contributed by atoms with Gasteiger partial charge in [0.05, 0.1) is 6.10 Å². The summed E-state index contributed by atoms with van der Waals surface area (Å²) in [6.45, 7) is 2.26. The Labute approximate surface area is 80.7 Å². The van der Waals surface area contributed by atoms with Crippen LogP contribution in [-0.2, 0) is 0 Å². The molecule has 2 N–H and O–H groups in total. The topological polar surface area (TPSA) is 32.3 Å². The van der Waals surface area contributed by atoms with Crippen molar-refractivity contribution in [3.63, 3.8) is 0 Å². The molecule has 2 saturated carbocycles. The van der Waals surface area contributed by atoms with Gasteiger partial charge in [0, 0.05) is 12.1 Å². The Morgan fingerprint density at radius 2 is 1.85 bits per heavy atom. The van der Waals surface area contributed by atoms with Gasteiger partial charge in [-0.05, 0) is 38.5 Å². The minimum Gasteiger partial charge on any atom is -0.392 e. The Kier molecular flexibility index (Phi) is 2.89. The SMILES string of the molecule is C[C@H](N[C@H]1CCCC[C@@H]1O)C1CC1. The van der Waals surface area contributed by atoms with E-state index in [0.29, 0.717) is 12.1 Å². The molecule has 2 aliphatic carbocycles. The molecule has 2 heteroatoms. The molecule has 2 fully saturated rings. The van der Waals surface area contributed by atoms with Gasteiger partial charge < -0.3 is 10.4 Å². The molecule has 0 saturated heterocycles. The highest BCUT2D eigenvalue weighted by molar-refractivity contribution is 4.89. The number of hydrogen-bond donors (Lipinski definition) is 2. The quantitative estimate of drug-likeness (QED) is 0.697. The number of rotatable bonds is 3. The Morgan fingerprint density at radius 1 is 1.15 bits per heavy atom. The van der Waals surface area contributed by atoms with E-state index in [0.717, 1.165) is 18.8 Å². The predicted octanol–water partition coefficient (Wildman–Crippen LogP) is 1.68. The summed E-state index contributed by atoms with van der Waals surface area (Å²) < 4.78 is 0. The second-order valence-corrected chi connectivity index (χ2v) is 4.75. The van der Waals surface area contributed by atoms with Crippen molar-refractivity contribution in [3.05, 3.63) is 0 Å². The fourth-order valence-electron chi connectivity index (χ4n) is 2.38. The van der Waals surface area contributed by atoms with Crippen LogP contribution in [0, 0.1) is 5.92 Å². The van der Waals surface area contributed by atoms with E-state index in [4.69, 9.17) is 0 Å². The molecule has 0 unspecified atom stereocenters. The van der Waals surface area contributed by atoms with Gasteiger partial charge in [0.1, 0.15) is 0 Å². The molecule has 0 radical (unpaired) electrons. The molecule has 0 aromatic heterocycles. The van der Waals surface area contributed by atoms with Crippen molar-refractivity contribution in [1.29, 1.82) is 0 Å². The van der Waals surface area contributed by atoms with E-state index in [1.807, 2.05) is 0 Å². The van der Waals surface area contributed by atoms with Crippen LogP contribution in [0.4, 0.5) is 0 Å². The normalized spacial score (nSPS) is 37.4. The zero-order valence-corrected chi connectivity index (χ0v) is 8.50. The molecule has 0 heterocycles. The summed E-state index contributed by atoms with van der Waals surface area (Å²) in [7, 11) is 0. The summed E-state index contributed by atoms with van der Waals surface area (Å²) in [5.41, 5.74) is 0. The van der Waals surface area contributed by atoms with Crippen molar-refractivity contribution in [2.24, 2.45) is 5.92 Å². The van der Waals surface area contributed by atoms with E-state index in [9.17, 15) is 5.11 Å². The van der Waals surface area contributed by atoms with Crippen molar-refractivity contribution in [2.45, 2.75) is 63.6 Å². The molecule has 0 aliphatic heterocycles. The molecule has 0 bridgehead atoms. The highest BCUT2D eigenvalue weighted by atomic mass is 16.3. The standard InChI is InChI=1S/C11H21NO/c1-8(9-6-7-9)12-10-4-2-3-5-11(10)13/h8-13H,2-7H2,1H3/t8-,10-,11-/m0/s1. The van der Waals surface area contributed by atoms with Crippen LogP contribution >= 0.6 is 0 Å². The number of aliphatic hydroxyl groups excluding tert-OH is 1. The molecular weight excluding hydrogens is 162 g/mol. The lowest BCUT2D eigenvalue weighted by atomic mass is 9.92. The number of nitrogens with one attached hydrogen (secondary N) is 1. The van der Waals surface area contributed by atoms with Crippen LogP contribution in [0.1, 0.15) is 45.4 Å². The van der Waals surface area contributed by atoms with Gasteiger partial charge in [-0.1, -0.05) is 12.8 Å². The lowest BCUT2D eigenvalue weighted by Crippen LogP contribution is -2.46. The summed E-state index contributed by atoms with van der Waals surface area (Å²) in [5.74, 6) is 0.897. The largest absolute Gasteiger partial charge is 0.392 e. The van der Waals surface area contributed by atoms with Gasteiger partial charge in [0.2, 0.25) is 0 Å². The Balaban J connectivity index is 1.77. The van der Waals surface area contributed by atoms with Crippen LogP contribution in [0.5, 0.6) is 0 Å². The molecular formula is C11H21NO. The van der Waals surface area contributed by atoms with E-state index in [-0.39, 0.29) is 6.10 Å². The van der Waals surface area contributed by atoms with Crippen molar-refractivity contribution in [1.82, 2.24) is 5.32 Å². The fraction of sp³-hybridized carbons (Fsp3) is 1.00. The van der Waals surface area contributed by atoms with Crippen molar-refractivity contribution >= 4 is 0 Å². The average molecular weight is 183 g/mol. The first-order chi connectivity index (χ1) is 6.27. The summed E-state index contributed by atoms with van der Waals surface area (Å²) in [6, 6.07) is 1.00. The summed E-state index contributed by atoms with van der Waals surface area (Å²) in [6.07, 6.45) is 7.33. The first-order valence-corrected chi connectivity index (χ1v) is 5.71. The van der Waals surface area contributed by atoms with E-state index in [1.54, 1.807) is 0 Å². The monoisotopic (exact) mass is 183 g/mol. The van der Waals surface area contributed by atoms with Gasteiger partial charge in [-0.25, -0.2) is 0 Å². The van der Waals surface area contributed by atoms with Gasteiger partial charge >= 0.3 is 0 Å². The van der Waals surface area contributed by atoms with Gasteiger partial charge in [-0.2, -0.15) is 0 Å². The third kappa shape index (κ3) is 2.44. The van der Waals surface area contributed by atoms with Gasteiger partial charge in [0.25, 0.3) is 0 Å². The molecule has 3 atom stereocenters. The molecule has 76 valence electrons. The smallest absolute Gasteiger partial charge is 0.0693 e. The molecule has 2 aliphatic rings. The van der Waals surface area contributed by atoms with Crippen LogP contribution in [0.25, 0.3) is 0 Å². The van der Waals surface area contributed by atoms with E-state index >= 15 is 0 Å². The number of aliphatic hydroxyl groups is 1. The Hall–Kier alpha value is -0.0800. The molecule has 0 spiro atoms. The molecule has 13 heavy (non-hydrogen) atoms. The van der Waals surface area contributed by atoms with Crippen LogP contribution in [-0.4, -0.2) is 23.3 Å². The zero-order valence-electron chi connectivity index (χ0n) is 8.50. The van der Waals surface area contributed by atoms with Gasteiger partial charge in [0.15, 0.2) is 0 Å². The fourth-order valence-corrected chi connectivity index (χ4v) is 2.38. The molecule has 0 aromatic rings. The van der Waals surface area contributed by atoms with Crippen molar-refractivity contribution < 1.29 is 5.11 Å². The van der Waals surface area contributed by atoms with Crippen LogP contribution in [0.3, 0.4) is 0 Å². The van der Waals surface area contributed by atoms with Crippen LogP contribution in [0.15, 0.2) is 0 Å². The highest BCUT2D eigenvalue weighted by Crippen LogP contribution is 2.33. The molecule has 2 nitrogen and oxygen atoms in total. The first-order valence-electron chi connectivity index (χ1n) is 5.71. The summed E-state index contributed by atoms with van der Waals surface area (Å²) in [4.78, 5) is 0. The van der Waals surface area contributed by atoms with E-state index in [1.165, 1.54) is 25.7 Å². The van der Waals surface area contributed by atoms with Crippen LogP contribution < -0.4 is 5.32 Å². The third-order valence-corrected chi connectivity index (χ3v) is 3.54. The van der Waals surface area contributed by atoms with E-state index < -0.39 is 0 Å². The molecule has 0 amide bonds. The number of hydrogen-bond acceptors (Lipinski definition) is 2. The lowest BCUT2D eigenvalue weighted by Gasteiger charge is -2.31. The second-order valence-electron chi connectivity index (χ2n) is 4.75. The lowest BCUT2D eigenvalue weighted by molar-refractivity contribution is 0.0845. The average Bonchev–Trinajstić information content (AvgIpc) is 2.91. The molecule has 0 aromatic carbocycles. The van der Waals surface area contributed by atoms with Crippen molar-refractivity contribution in [3.8, 4) is 0 Å². The first kappa shape index (κ1) is 9.47. The highest BCUT2D eigenvalue weighted by Gasteiger charge is 2.31. The summed E-state index contributed by atoms with van der Waals surface area (Å²) in [5, 5.41) is 13.3. The second kappa shape index (κ2) is 3.97. The minimum absolute atomic E-state index is 0.0880. The maximum absolute atomic E-state index is 9.76. The van der Waals surface area contributed by atoms with Crippen molar-refractivity contribution in [2.75, 3.05) is 0 Å². The maximum Gasteiger partial charge on any atom is 0.0693 e. The Morgan fingerprint density at radius 3 is 2.46 bits per heavy atom. The minimum atomic E-state index is -0.0880. The van der Waals surface area contributed by atoms with Gasteiger partial charge in [-0.15, -0.1) is 0 Å². The maximum atomic E-state index is 9.76. The van der Waals surface area contributed by atoms with Gasteiger partial charge in [-0.3, -0.25) is 0 Å².